The first-order valence-corrected chi connectivity index (χ1v) is 2.85. The van der Waals surface area contributed by atoms with Gasteiger partial charge in [-0.1, -0.05) is 0 Å². The van der Waals surface area contributed by atoms with Gasteiger partial charge in [0.1, 0.15) is 6.50 Å². The summed E-state index contributed by atoms with van der Waals surface area (Å²) in [7, 11) is 0. The number of aliphatic carboxylic acids is 2. The van der Waals surface area contributed by atoms with Crippen molar-refractivity contribution in [2.75, 3.05) is 6.50 Å². The molecule has 1 amide bonds. The van der Waals surface area contributed by atoms with Crippen molar-refractivity contribution in [3.8, 4) is 0 Å². The van der Waals surface area contributed by atoms with Gasteiger partial charge in [0.2, 0.25) is 5.91 Å². The highest BCUT2D eigenvalue weighted by Crippen LogP contribution is 1.87. The van der Waals surface area contributed by atoms with Crippen LogP contribution in [0.15, 0.2) is 0 Å². The van der Waals surface area contributed by atoms with Crippen molar-refractivity contribution >= 4 is 17.8 Å². The van der Waals surface area contributed by atoms with E-state index in [1.807, 2.05) is 0 Å². The first kappa shape index (κ1) is 5.18. The second-order valence-electron chi connectivity index (χ2n) is 1.73. The Hall–Kier alpha value is -1.63. The SMILES string of the molecule is [2H]C([2H])(NC(=O)[C@@]([2H])(N)C([2H])([2H])C(=O)O)C(=O)O. The number of nitrogens with two attached hydrogens (primary N) is 1. The summed E-state index contributed by atoms with van der Waals surface area (Å²) in [5.74, 6) is -6.24. The van der Waals surface area contributed by atoms with Crippen LogP contribution in [0.25, 0.3) is 0 Å². The summed E-state index contributed by atoms with van der Waals surface area (Å²) in [5.41, 5.74) is 4.89. The number of carboxylic acid groups (broad SMARTS) is 2. The number of rotatable bonds is 5. The number of nitrogens with one attached hydrogen (secondary N) is 1. The Labute approximate surface area is 80.6 Å². The summed E-state index contributed by atoms with van der Waals surface area (Å²) >= 11 is 0. The monoisotopic (exact) mass is 195 g/mol. The van der Waals surface area contributed by atoms with Crippen molar-refractivity contribution in [3.63, 3.8) is 0 Å². The molecule has 13 heavy (non-hydrogen) atoms. The number of amides is 1. The standard InChI is InChI=1S/C6H10N2O5/c7-3(1-4(9)10)6(13)8-2-5(11)12/h3H,1-2,7H2,(H,8,13)(H,9,10)(H,11,12)/t3-/m0/s1/i1D2,2D2,3D. The first-order chi connectivity index (χ1) is 7.76. The second kappa shape index (κ2) is 5.09. The molecule has 7 nitrogen and oxygen atoms in total. The van der Waals surface area contributed by atoms with E-state index in [0.29, 0.717) is 0 Å². The number of carbonyl (C=O) groups excluding carboxylic acids is 1. The van der Waals surface area contributed by atoms with E-state index < -0.39 is 36.7 Å². The summed E-state index contributed by atoms with van der Waals surface area (Å²) < 4.78 is 34.7. The predicted molar refractivity (Wildman–Crippen MR) is 40.9 cm³/mol. The molecule has 0 heterocycles. The van der Waals surface area contributed by atoms with Crippen molar-refractivity contribution in [1.29, 1.82) is 0 Å². The molecule has 0 aliphatic carbocycles. The molecule has 0 saturated carbocycles. The Bertz CT molecular complexity index is 396. The first-order valence-electron chi connectivity index (χ1n) is 5.35. The van der Waals surface area contributed by atoms with Gasteiger partial charge in [0.25, 0.3) is 0 Å². The lowest BCUT2D eigenvalue weighted by Crippen LogP contribution is -2.43. The van der Waals surface area contributed by atoms with Gasteiger partial charge in [-0.25, -0.2) is 0 Å². The van der Waals surface area contributed by atoms with Crippen molar-refractivity contribution in [1.82, 2.24) is 5.32 Å². The van der Waals surface area contributed by atoms with Gasteiger partial charge in [-0.05, 0) is 0 Å². The number of hydrogen-bond donors (Lipinski definition) is 4. The Balaban J connectivity index is 5.23. The van der Waals surface area contributed by atoms with Gasteiger partial charge in [0.05, 0.1) is 16.5 Å². The van der Waals surface area contributed by atoms with E-state index >= 15 is 0 Å². The highest BCUT2D eigenvalue weighted by atomic mass is 16.4. The molecule has 0 saturated heterocycles. The summed E-state index contributed by atoms with van der Waals surface area (Å²) in [6, 6.07) is -3.40. The molecular formula is C6H10N2O5. The highest BCUT2D eigenvalue weighted by Gasteiger charge is 2.16. The third-order valence-corrected chi connectivity index (χ3v) is 0.769. The summed E-state index contributed by atoms with van der Waals surface area (Å²) in [5, 5.41) is 18.0. The average Bonchev–Trinajstić information content (AvgIpc) is 2.15. The minimum Gasteiger partial charge on any atom is -0.481 e. The van der Waals surface area contributed by atoms with Crippen LogP contribution in [0.2, 0.25) is 0 Å². The lowest BCUT2D eigenvalue weighted by atomic mass is 10.2. The summed E-state index contributed by atoms with van der Waals surface area (Å²) in [4.78, 5) is 32.2. The molecule has 0 aromatic rings. The minimum atomic E-state index is -3.54. The molecule has 0 bridgehead atoms. The number of hydrogen-bond acceptors (Lipinski definition) is 4. The molecule has 0 spiro atoms. The molecule has 7 heteroatoms. The quantitative estimate of drug-likeness (QED) is 0.401. The molecule has 0 aliphatic rings. The topological polar surface area (TPSA) is 130 Å². The average molecular weight is 195 g/mol. The Morgan fingerprint density at radius 3 is 2.38 bits per heavy atom. The van der Waals surface area contributed by atoms with Crippen molar-refractivity contribution in [3.05, 3.63) is 0 Å². The molecule has 0 rings (SSSR count). The van der Waals surface area contributed by atoms with Crippen molar-refractivity contribution < 1.29 is 31.5 Å². The zero-order valence-electron chi connectivity index (χ0n) is 11.2. The van der Waals surface area contributed by atoms with E-state index in [1.54, 1.807) is 0 Å². The van der Waals surface area contributed by atoms with E-state index in [0.717, 1.165) is 5.32 Å². The maximum absolute atomic E-state index is 11.3. The molecule has 0 radical (unpaired) electrons. The van der Waals surface area contributed by atoms with Gasteiger partial charge in [-0.15, -0.1) is 0 Å². The molecular weight excluding hydrogens is 180 g/mol. The van der Waals surface area contributed by atoms with Gasteiger partial charge >= 0.3 is 11.9 Å². The number of carboxylic acids is 2. The molecule has 0 aromatic carbocycles. The fourth-order valence-electron chi connectivity index (χ4n) is 0.350. The van der Waals surface area contributed by atoms with Gasteiger partial charge in [-0.3, -0.25) is 14.4 Å². The molecule has 0 aromatic heterocycles. The maximum atomic E-state index is 11.3. The molecule has 0 aliphatic heterocycles. The molecule has 74 valence electrons. The lowest BCUT2D eigenvalue weighted by Gasteiger charge is -2.07. The van der Waals surface area contributed by atoms with E-state index in [-0.39, 0.29) is 0 Å². The molecule has 5 N–H and O–H groups in total. The van der Waals surface area contributed by atoms with Crippen LogP contribution in [-0.4, -0.2) is 40.6 Å². The third kappa shape index (κ3) is 5.62. The zero-order chi connectivity index (χ0) is 14.9. The Morgan fingerprint density at radius 1 is 1.46 bits per heavy atom. The van der Waals surface area contributed by atoms with Crippen LogP contribution in [-0.2, 0) is 14.4 Å². The van der Waals surface area contributed by atoms with E-state index in [2.05, 4.69) is 0 Å². The summed E-state index contributed by atoms with van der Waals surface area (Å²) in [6.07, 6.45) is -3.54. The highest BCUT2D eigenvalue weighted by molar-refractivity contribution is 5.88. The van der Waals surface area contributed by atoms with E-state index in [9.17, 15) is 14.4 Å². The minimum absolute atomic E-state index is 1.14. The van der Waals surface area contributed by atoms with Crippen LogP contribution >= 0.6 is 0 Å². The fourth-order valence-corrected chi connectivity index (χ4v) is 0.350. The Kier molecular flexibility index (Phi) is 2.03. The summed E-state index contributed by atoms with van der Waals surface area (Å²) in [6.45, 7) is -3.31. The zero-order valence-corrected chi connectivity index (χ0v) is 6.20. The largest absolute Gasteiger partial charge is 0.481 e. The number of carbonyl (C=O) groups is 3. The third-order valence-electron chi connectivity index (χ3n) is 0.769. The lowest BCUT2D eigenvalue weighted by molar-refractivity contribution is -0.140. The van der Waals surface area contributed by atoms with Gasteiger partial charge in [0, 0.05) is 2.74 Å². The fraction of sp³-hybridized carbons (Fsp3) is 0.500. The van der Waals surface area contributed by atoms with E-state index in [1.165, 1.54) is 0 Å². The van der Waals surface area contributed by atoms with Crippen LogP contribution < -0.4 is 11.1 Å². The van der Waals surface area contributed by atoms with Crippen LogP contribution in [0.5, 0.6) is 0 Å². The molecule has 0 fully saturated rings. The van der Waals surface area contributed by atoms with Gasteiger partial charge in [-0.2, -0.15) is 0 Å². The smallest absolute Gasteiger partial charge is 0.322 e. The second-order valence-corrected chi connectivity index (χ2v) is 1.73. The van der Waals surface area contributed by atoms with E-state index in [4.69, 9.17) is 22.8 Å². The van der Waals surface area contributed by atoms with Gasteiger partial charge < -0.3 is 21.3 Å². The van der Waals surface area contributed by atoms with Crippen LogP contribution in [0, 0.1) is 0 Å². The van der Waals surface area contributed by atoms with Crippen LogP contribution in [0.4, 0.5) is 0 Å². The van der Waals surface area contributed by atoms with Crippen molar-refractivity contribution in [2.24, 2.45) is 5.73 Å². The van der Waals surface area contributed by atoms with Crippen LogP contribution in [0.3, 0.4) is 0 Å². The molecule has 1 atom stereocenters. The van der Waals surface area contributed by atoms with Gasteiger partial charge in [0.15, 0.2) is 0 Å². The van der Waals surface area contributed by atoms with Crippen LogP contribution in [0.1, 0.15) is 13.2 Å². The normalized spacial score (nSPS) is 22.1. The predicted octanol–water partition coefficient (Wildman–Crippen LogP) is -2.01. The molecule has 0 unspecified atom stereocenters. The van der Waals surface area contributed by atoms with Crippen molar-refractivity contribution in [2.45, 2.75) is 12.4 Å². The maximum Gasteiger partial charge on any atom is 0.322 e. The Morgan fingerprint density at radius 2 is 2.00 bits per heavy atom.